The number of nitrogens with two attached hydrogens (primary N) is 1. The molecule has 2 amide bonds. The van der Waals surface area contributed by atoms with Crippen LogP contribution in [0.4, 0.5) is 5.00 Å². The van der Waals surface area contributed by atoms with Gasteiger partial charge < -0.3 is 15.8 Å². The Bertz CT molecular complexity index is 816. The molecule has 25 heavy (non-hydrogen) atoms. The molecule has 0 aromatic carbocycles. The Morgan fingerprint density at radius 2 is 2.28 bits per heavy atom. The molecule has 2 aromatic rings. The third-order valence-electron chi connectivity index (χ3n) is 4.28. The Hall–Kier alpha value is -2.41. The minimum atomic E-state index is -0.501. The van der Waals surface area contributed by atoms with Gasteiger partial charge in [-0.15, -0.1) is 11.3 Å². The molecule has 7 heteroatoms. The lowest BCUT2D eigenvalue weighted by molar-refractivity contribution is 0.1000. The molecule has 0 radical (unpaired) electrons. The van der Waals surface area contributed by atoms with Crippen LogP contribution in [0.3, 0.4) is 0 Å². The van der Waals surface area contributed by atoms with Gasteiger partial charge in [0.05, 0.1) is 12.2 Å². The summed E-state index contributed by atoms with van der Waals surface area (Å²) in [7, 11) is 0. The predicted octanol–water partition coefficient (Wildman–Crippen LogP) is 3.02. The molecule has 2 aromatic heterocycles. The number of carbonyl (C=O) groups excluding carboxylic acids is 2. The Morgan fingerprint density at radius 3 is 3.00 bits per heavy atom. The molecule has 2 heterocycles. The van der Waals surface area contributed by atoms with Gasteiger partial charge >= 0.3 is 0 Å². The van der Waals surface area contributed by atoms with Crippen LogP contribution < -0.4 is 15.8 Å². The third-order valence-corrected chi connectivity index (χ3v) is 5.45. The Balaban J connectivity index is 1.93. The number of ether oxygens (including phenoxy) is 1. The molecular formula is C18H21N3O3S. The lowest BCUT2D eigenvalue weighted by Crippen LogP contribution is -2.20. The van der Waals surface area contributed by atoms with E-state index in [9.17, 15) is 9.59 Å². The van der Waals surface area contributed by atoms with Crippen molar-refractivity contribution in [1.82, 2.24) is 4.98 Å². The number of primary amides is 1. The monoisotopic (exact) mass is 359 g/mol. The first-order valence-corrected chi connectivity index (χ1v) is 9.16. The van der Waals surface area contributed by atoms with E-state index in [0.29, 0.717) is 28.7 Å². The number of aromatic nitrogens is 1. The zero-order valence-corrected chi connectivity index (χ0v) is 15.1. The fourth-order valence-electron chi connectivity index (χ4n) is 3.09. The maximum atomic E-state index is 12.7. The van der Waals surface area contributed by atoms with Crippen LogP contribution in [0, 0.1) is 5.92 Å². The molecule has 0 saturated heterocycles. The molecule has 3 rings (SSSR count). The number of pyridine rings is 1. The van der Waals surface area contributed by atoms with Crippen molar-refractivity contribution in [2.24, 2.45) is 11.7 Å². The first-order valence-electron chi connectivity index (χ1n) is 8.34. The average molecular weight is 359 g/mol. The van der Waals surface area contributed by atoms with Crippen molar-refractivity contribution >= 4 is 28.2 Å². The summed E-state index contributed by atoms with van der Waals surface area (Å²) in [5.41, 5.74) is 7.36. The van der Waals surface area contributed by atoms with Crippen molar-refractivity contribution in [3.63, 3.8) is 0 Å². The van der Waals surface area contributed by atoms with Crippen LogP contribution in [0.5, 0.6) is 5.88 Å². The van der Waals surface area contributed by atoms with Crippen molar-refractivity contribution < 1.29 is 14.3 Å². The van der Waals surface area contributed by atoms with Crippen LogP contribution in [0.15, 0.2) is 18.3 Å². The first-order chi connectivity index (χ1) is 12.0. The normalized spacial score (nSPS) is 16.2. The molecule has 1 aliphatic carbocycles. The highest BCUT2D eigenvalue weighted by Gasteiger charge is 2.27. The maximum absolute atomic E-state index is 12.7. The molecule has 0 bridgehead atoms. The molecule has 0 aliphatic heterocycles. The van der Waals surface area contributed by atoms with E-state index in [1.165, 1.54) is 11.3 Å². The summed E-state index contributed by atoms with van der Waals surface area (Å²) in [5.74, 6) is -0.0133. The molecule has 6 nitrogen and oxygen atoms in total. The highest BCUT2D eigenvalue weighted by atomic mass is 32.1. The van der Waals surface area contributed by atoms with Crippen molar-refractivity contribution in [1.29, 1.82) is 0 Å². The summed E-state index contributed by atoms with van der Waals surface area (Å²) in [5, 5.41) is 3.35. The molecule has 132 valence electrons. The van der Waals surface area contributed by atoms with E-state index in [4.69, 9.17) is 10.5 Å². The van der Waals surface area contributed by atoms with Crippen LogP contribution in [-0.4, -0.2) is 23.4 Å². The maximum Gasteiger partial charge on any atom is 0.261 e. The highest BCUT2D eigenvalue weighted by molar-refractivity contribution is 7.17. The molecule has 3 N–H and O–H groups in total. The van der Waals surface area contributed by atoms with E-state index in [1.54, 1.807) is 18.3 Å². The zero-order chi connectivity index (χ0) is 18.0. The van der Waals surface area contributed by atoms with Crippen molar-refractivity contribution in [2.75, 3.05) is 11.9 Å². The van der Waals surface area contributed by atoms with Crippen LogP contribution in [0.2, 0.25) is 0 Å². The Labute approximate surface area is 150 Å². The van der Waals surface area contributed by atoms with Gasteiger partial charge in [0.1, 0.15) is 10.6 Å². The molecule has 0 spiro atoms. The molecule has 1 aliphatic rings. The minimum Gasteiger partial charge on any atom is -0.477 e. The van der Waals surface area contributed by atoms with E-state index < -0.39 is 5.91 Å². The number of amides is 2. The second-order valence-electron chi connectivity index (χ2n) is 6.16. The summed E-state index contributed by atoms with van der Waals surface area (Å²) >= 11 is 1.44. The first kappa shape index (κ1) is 17.4. The highest BCUT2D eigenvalue weighted by Crippen LogP contribution is 2.39. The van der Waals surface area contributed by atoms with E-state index in [0.717, 1.165) is 29.7 Å². The van der Waals surface area contributed by atoms with Crippen LogP contribution >= 0.6 is 11.3 Å². The van der Waals surface area contributed by atoms with Gasteiger partial charge in [-0.05, 0) is 49.8 Å². The van der Waals surface area contributed by atoms with Gasteiger partial charge in [-0.1, -0.05) is 6.92 Å². The molecule has 0 saturated carbocycles. The second kappa shape index (κ2) is 7.23. The number of nitrogens with one attached hydrogen (secondary N) is 1. The number of rotatable bonds is 5. The topological polar surface area (TPSA) is 94.3 Å². The van der Waals surface area contributed by atoms with Crippen LogP contribution in [0.1, 0.15) is 51.4 Å². The van der Waals surface area contributed by atoms with Crippen molar-refractivity contribution in [3.8, 4) is 5.88 Å². The summed E-state index contributed by atoms with van der Waals surface area (Å²) in [6.07, 6.45) is 4.32. The average Bonchev–Trinajstić information content (AvgIpc) is 2.92. The van der Waals surface area contributed by atoms with E-state index in [2.05, 4.69) is 17.2 Å². The van der Waals surface area contributed by atoms with E-state index >= 15 is 0 Å². The minimum absolute atomic E-state index is 0.276. The standard InChI is InChI=1S/C18H21N3O3S/c1-3-24-17-12(5-4-8-20-17)16(23)21-18-14(15(19)22)11-7-6-10(2)9-13(11)25-18/h4-5,8,10H,3,6-7,9H2,1-2H3,(H2,19,22)(H,21,23)/t10-/m1/s1. The molecule has 1 atom stereocenters. The van der Waals surface area contributed by atoms with E-state index in [1.807, 2.05) is 6.92 Å². The summed E-state index contributed by atoms with van der Waals surface area (Å²) in [4.78, 5) is 29.9. The van der Waals surface area contributed by atoms with Gasteiger partial charge in [-0.3, -0.25) is 9.59 Å². The Kier molecular flexibility index (Phi) is 5.03. The van der Waals surface area contributed by atoms with Crippen molar-refractivity contribution in [2.45, 2.75) is 33.1 Å². The van der Waals surface area contributed by atoms with Gasteiger partial charge in [0.25, 0.3) is 11.8 Å². The number of carbonyl (C=O) groups is 2. The zero-order valence-electron chi connectivity index (χ0n) is 14.3. The van der Waals surface area contributed by atoms with Gasteiger partial charge in [0.2, 0.25) is 5.88 Å². The van der Waals surface area contributed by atoms with Gasteiger partial charge in [-0.2, -0.15) is 0 Å². The van der Waals surface area contributed by atoms with Crippen molar-refractivity contribution in [3.05, 3.63) is 39.9 Å². The largest absolute Gasteiger partial charge is 0.477 e. The smallest absolute Gasteiger partial charge is 0.261 e. The molecule has 0 fully saturated rings. The summed E-state index contributed by atoms with van der Waals surface area (Å²) in [6, 6.07) is 3.32. The molecule has 0 unspecified atom stereocenters. The molecular weight excluding hydrogens is 338 g/mol. The quantitative estimate of drug-likeness (QED) is 0.858. The predicted molar refractivity (Wildman–Crippen MR) is 97.4 cm³/mol. The summed E-state index contributed by atoms with van der Waals surface area (Å²) < 4.78 is 5.41. The number of fused-ring (bicyclic) bond motifs is 1. The number of anilines is 1. The van der Waals surface area contributed by atoms with Gasteiger partial charge in [0.15, 0.2) is 0 Å². The lowest BCUT2D eigenvalue weighted by atomic mass is 9.88. The number of hydrogen-bond donors (Lipinski definition) is 2. The lowest BCUT2D eigenvalue weighted by Gasteiger charge is -2.18. The fraction of sp³-hybridized carbons (Fsp3) is 0.389. The third kappa shape index (κ3) is 3.51. The Morgan fingerprint density at radius 1 is 1.48 bits per heavy atom. The SMILES string of the molecule is CCOc1ncccc1C(=O)Nc1sc2c(c1C(N)=O)CC[C@@H](C)C2. The van der Waals surface area contributed by atoms with E-state index in [-0.39, 0.29) is 11.8 Å². The number of thiophene rings is 1. The fourth-order valence-corrected chi connectivity index (χ4v) is 4.50. The second-order valence-corrected chi connectivity index (χ2v) is 7.27. The number of hydrogen-bond acceptors (Lipinski definition) is 5. The summed E-state index contributed by atoms with van der Waals surface area (Å²) in [6.45, 7) is 4.43. The van der Waals surface area contributed by atoms with Gasteiger partial charge in [-0.25, -0.2) is 4.98 Å². The van der Waals surface area contributed by atoms with Crippen LogP contribution in [0.25, 0.3) is 0 Å². The number of nitrogens with zero attached hydrogens (tertiary/aromatic N) is 1. The van der Waals surface area contributed by atoms with Crippen LogP contribution in [-0.2, 0) is 12.8 Å². The van der Waals surface area contributed by atoms with Gasteiger partial charge in [0, 0.05) is 11.1 Å².